The molecule has 0 saturated carbocycles. The largest absolute Gasteiger partial charge is 0.417 e. The predicted octanol–water partition coefficient (Wildman–Crippen LogP) is 5.02. The molecule has 1 atom stereocenters. The smallest absolute Gasteiger partial charge is 0.396 e. The molecule has 1 heterocycles. The summed E-state index contributed by atoms with van der Waals surface area (Å²) in [5, 5.41) is 17.4. The molecular weight excluding hydrogens is 497 g/mol. The number of alkyl halides is 3. The van der Waals surface area contributed by atoms with E-state index >= 15 is 0 Å². The summed E-state index contributed by atoms with van der Waals surface area (Å²) in [4.78, 5) is 28.8. The van der Waals surface area contributed by atoms with E-state index in [0.29, 0.717) is 44.2 Å². The molecule has 0 fully saturated rings. The number of hydrogen-bond donors (Lipinski definition) is 5. The number of aromatic nitrogens is 1. The van der Waals surface area contributed by atoms with Crippen molar-refractivity contribution in [3.63, 3.8) is 0 Å². The van der Waals surface area contributed by atoms with Crippen LogP contribution in [0, 0.1) is 0 Å². The van der Waals surface area contributed by atoms with Gasteiger partial charge in [-0.15, -0.1) is 0 Å². The number of hydrogen-bond acceptors (Lipinski definition) is 3. The second-order valence-corrected chi connectivity index (χ2v) is 9.13. The molecular formula is C25H26ClF3N4O3. The summed E-state index contributed by atoms with van der Waals surface area (Å²) in [5.41, 5.74) is 2.25. The van der Waals surface area contributed by atoms with Crippen molar-refractivity contribution in [1.29, 1.82) is 0 Å². The van der Waals surface area contributed by atoms with Gasteiger partial charge in [-0.25, -0.2) is 4.79 Å². The zero-order valence-electron chi connectivity index (χ0n) is 19.3. The zero-order valence-corrected chi connectivity index (χ0v) is 20.0. The number of aliphatic hydroxyl groups is 1. The van der Waals surface area contributed by atoms with E-state index in [0.717, 1.165) is 34.3 Å². The number of halogens is 4. The van der Waals surface area contributed by atoms with E-state index in [9.17, 15) is 22.8 Å². The lowest BCUT2D eigenvalue weighted by Gasteiger charge is -2.24. The van der Waals surface area contributed by atoms with Crippen molar-refractivity contribution in [3.8, 4) is 0 Å². The van der Waals surface area contributed by atoms with Crippen molar-refractivity contribution < 1.29 is 27.9 Å². The van der Waals surface area contributed by atoms with Crippen LogP contribution >= 0.6 is 11.6 Å². The second-order valence-electron chi connectivity index (χ2n) is 8.73. The average molecular weight is 523 g/mol. The second kappa shape index (κ2) is 10.8. The lowest BCUT2D eigenvalue weighted by atomic mass is 9.90. The number of anilines is 1. The van der Waals surface area contributed by atoms with Gasteiger partial charge in [0.05, 0.1) is 10.6 Å². The maximum atomic E-state index is 13.1. The highest BCUT2D eigenvalue weighted by molar-refractivity contribution is 6.31. The molecule has 0 bridgehead atoms. The molecule has 0 spiro atoms. The Morgan fingerprint density at radius 2 is 1.97 bits per heavy atom. The number of unbranched alkanes of at least 4 members (excludes halogenated alkanes) is 1. The fraction of sp³-hybridized carbons (Fsp3) is 0.360. The van der Waals surface area contributed by atoms with Gasteiger partial charge in [-0.1, -0.05) is 17.7 Å². The molecule has 1 unspecified atom stereocenters. The Morgan fingerprint density at radius 1 is 1.17 bits per heavy atom. The Labute approximate surface area is 210 Å². The number of fused-ring (bicyclic) bond motifs is 3. The first-order valence-corrected chi connectivity index (χ1v) is 12.0. The molecule has 4 rings (SSSR count). The van der Waals surface area contributed by atoms with Crippen molar-refractivity contribution in [2.75, 3.05) is 18.5 Å². The number of urea groups is 1. The Balaban J connectivity index is 1.47. The molecule has 3 amide bonds. The maximum absolute atomic E-state index is 13.1. The minimum Gasteiger partial charge on any atom is -0.396 e. The third-order valence-corrected chi connectivity index (χ3v) is 6.52. The number of H-pyrrole nitrogens is 1. The number of aromatic amines is 1. The van der Waals surface area contributed by atoms with Crippen LogP contribution in [0.4, 0.5) is 23.7 Å². The van der Waals surface area contributed by atoms with E-state index in [1.165, 1.54) is 6.07 Å². The van der Waals surface area contributed by atoms with Gasteiger partial charge < -0.3 is 26.0 Å². The topological polar surface area (TPSA) is 106 Å². The Hall–Kier alpha value is -3.24. The van der Waals surface area contributed by atoms with Gasteiger partial charge in [0.1, 0.15) is 0 Å². The highest BCUT2D eigenvalue weighted by Gasteiger charge is 2.33. The summed E-state index contributed by atoms with van der Waals surface area (Å²) in [6.45, 7) is 0.522. The minimum atomic E-state index is -4.64. The van der Waals surface area contributed by atoms with Crippen LogP contribution in [0.2, 0.25) is 5.02 Å². The van der Waals surface area contributed by atoms with E-state index in [2.05, 4.69) is 20.9 Å². The molecule has 1 aromatic heterocycles. The Bertz CT molecular complexity index is 1280. The monoisotopic (exact) mass is 522 g/mol. The molecule has 36 heavy (non-hydrogen) atoms. The van der Waals surface area contributed by atoms with Crippen molar-refractivity contribution >= 4 is 40.1 Å². The summed E-state index contributed by atoms with van der Waals surface area (Å²) in [6, 6.07) is 7.75. The van der Waals surface area contributed by atoms with Crippen molar-refractivity contribution in [1.82, 2.24) is 15.6 Å². The number of nitrogens with one attached hydrogen (secondary N) is 4. The van der Waals surface area contributed by atoms with E-state index < -0.39 is 22.8 Å². The van der Waals surface area contributed by atoms with Crippen molar-refractivity contribution in [3.05, 3.63) is 63.8 Å². The lowest BCUT2D eigenvalue weighted by Crippen LogP contribution is -2.41. The number of benzene rings is 2. The number of carbonyl (C=O) groups excluding carboxylic acids is 2. The van der Waals surface area contributed by atoms with Gasteiger partial charge >= 0.3 is 12.2 Å². The van der Waals surface area contributed by atoms with Crippen LogP contribution < -0.4 is 16.0 Å². The van der Waals surface area contributed by atoms with E-state index in [-0.39, 0.29) is 24.2 Å². The Kier molecular flexibility index (Phi) is 7.75. The maximum Gasteiger partial charge on any atom is 0.417 e. The lowest BCUT2D eigenvalue weighted by molar-refractivity contribution is -0.137. The molecule has 0 saturated heterocycles. The van der Waals surface area contributed by atoms with Crippen LogP contribution in [0.3, 0.4) is 0 Å². The summed E-state index contributed by atoms with van der Waals surface area (Å²) < 4.78 is 39.3. The minimum absolute atomic E-state index is 0.0204. The third-order valence-electron chi connectivity index (χ3n) is 6.19. The standard InChI is InChI=1S/C25H26ClF3N4O3/c26-19-8-6-15(13-18(19)25(27,28)29)32-24(36)31-14-7-9-20-17(12-14)22-16(4-3-5-21(22)33-20)23(35)30-10-1-2-11-34/h3-6,8,13-14,33-34H,1-2,7,9-12H2,(H,30,35)(H2,31,32,36). The van der Waals surface area contributed by atoms with E-state index in [1.807, 2.05) is 6.07 Å². The average Bonchev–Trinajstić information content (AvgIpc) is 3.20. The number of aliphatic hydroxyl groups excluding tert-OH is 1. The predicted molar refractivity (Wildman–Crippen MR) is 131 cm³/mol. The number of carbonyl (C=O) groups is 2. The van der Waals surface area contributed by atoms with Gasteiger partial charge in [-0.05, 0) is 68.0 Å². The summed E-state index contributed by atoms with van der Waals surface area (Å²) in [6.07, 6.45) is -1.62. The van der Waals surface area contributed by atoms with Crippen molar-refractivity contribution in [2.24, 2.45) is 0 Å². The molecule has 1 aliphatic rings. The highest BCUT2D eigenvalue weighted by Crippen LogP contribution is 2.36. The normalized spacial score (nSPS) is 15.4. The summed E-state index contributed by atoms with van der Waals surface area (Å²) in [5.74, 6) is -0.212. The number of aryl methyl sites for hydroxylation is 1. The first-order chi connectivity index (χ1) is 17.2. The van der Waals surface area contributed by atoms with Gasteiger partial charge in [0, 0.05) is 47.0 Å². The fourth-order valence-corrected chi connectivity index (χ4v) is 4.72. The quantitative estimate of drug-likeness (QED) is 0.281. The molecule has 5 N–H and O–H groups in total. The first kappa shape index (κ1) is 25.8. The molecule has 0 radical (unpaired) electrons. The SMILES string of the molecule is O=C(Nc1ccc(Cl)c(C(F)(F)F)c1)NC1CCc2[nH]c3cccc(C(=O)NCCCCO)c3c2C1. The zero-order chi connectivity index (χ0) is 25.9. The Morgan fingerprint density at radius 3 is 2.72 bits per heavy atom. The van der Waals surface area contributed by atoms with Gasteiger partial charge in [0.25, 0.3) is 5.91 Å². The third kappa shape index (κ3) is 5.76. The summed E-state index contributed by atoms with van der Waals surface area (Å²) in [7, 11) is 0. The van der Waals surface area contributed by atoms with Crippen LogP contribution in [-0.2, 0) is 19.0 Å². The summed E-state index contributed by atoms with van der Waals surface area (Å²) >= 11 is 5.65. The molecule has 7 nitrogen and oxygen atoms in total. The highest BCUT2D eigenvalue weighted by atomic mass is 35.5. The van der Waals surface area contributed by atoms with Crippen LogP contribution in [-0.4, -0.2) is 41.2 Å². The molecule has 0 aliphatic heterocycles. The molecule has 192 valence electrons. The van der Waals surface area contributed by atoms with Crippen LogP contribution in [0.25, 0.3) is 10.9 Å². The van der Waals surface area contributed by atoms with Crippen LogP contribution in [0.5, 0.6) is 0 Å². The fourth-order valence-electron chi connectivity index (χ4n) is 4.50. The molecule has 1 aliphatic carbocycles. The number of rotatable bonds is 7. The van der Waals surface area contributed by atoms with E-state index in [4.69, 9.17) is 16.7 Å². The van der Waals surface area contributed by atoms with Crippen LogP contribution in [0.1, 0.15) is 46.4 Å². The number of amides is 3. The van der Waals surface area contributed by atoms with Gasteiger partial charge in [0.15, 0.2) is 0 Å². The van der Waals surface area contributed by atoms with E-state index in [1.54, 1.807) is 12.1 Å². The van der Waals surface area contributed by atoms with Gasteiger partial charge in [-0.2, -0.15) is 13.2 Å². The van der Waals surface area contributed by atoms with Crippen LogP contribution in [0.15, 0.2) is 36.4 Å². The molecule has 2 aromatic carbocycles. The molecule has 11 heteroatoms. The molecule has 3 aromatic rings. The first-order valence-electron chi connectivity index (χ1n) is 11.6. The van der Waals surface area contributed by atoms with Gasteiger partial charge in [-0.3, -0.25) is 4.79 Å². The van der Waals surface area contributed by atoms with Crippen molar-refractivity contribution in [2.45, 2.75) is 44.3 Å². The van der Waals surface area contributed by atoms with Gasteiger partial charge in [0.2, 0.25) is 0 Å².